The zero-order valence-electron chi connectivity index (χ0n) is 11.0. The fourth-order valence-corrected chi connectivity index (χ4v) is 2.03. The summed E-state index contributed by atoms with van der Waals surface area (Å²) in [7, 11) is 3.05. The Morgan fingerprint density at radius 3 is 2.67 bits per heavy atom. The van der Waals surface area contributed by atoms with Crippen molar-refractivity contribution in [3.05, 3.63) is 23.8 Å². The average molecular weight is 249 g/mol. The molecule has 2 rings (SSSR count). The minimum Gasteiger partial charge on any atom is -0.495 e. The lowest BCUT2D eigenvalue weighted by Gasteiger charge is -2.19. The van der Waals surface area contributed by atoms with Crippen LogP contribution in [0.5, 0.6) is 5.75 Å². The number of hydrogen-bond donors (Lipinski definition) is 1. The highest BCUT2D eigenvalue weighted by molar-refractivity contribution is 5.81. The lowest BCUT2D eigenvalue weighted by molar-refractivity contribution is -0.142. The van der Waals surface area contributed by atoms with Crippen LogP contribution >= 0.6 is 0 Å². The minimum atomic E-state index is -0.273. The maximum Gasteiger partial charge on any atom is 0.328 e. The summed E-state index contributed by atoms with van der Waals surface area (Å²) in [6.45, 7) is 2.01. The summed E-state index contributed by atoms with van der Waals surface area (Å²) in [4.78, 5) is 11.8. The monoisotopic (exact) mass is 249 g/mol. The second-order valence-electron chi connectivity index (χ2n) is 4.69. The second-order valence-corrected chi connectivity index (χ2v) is 4.69. The molecule has 1 saturated carbocycles. The highest BCUT2D eigenvalue weighted by Crippen LogP contribution is 2.36. The first-order valence-electron chi connectivity index (χ1n) is 6.14. The lowest BCUT2D eigenvalue weighted by atomic mass is 10.1. The topological polar surface area (TPSA) is 47.6 Å². The van der Waals surface area contributed by atoms with Crippen molar-refractivity contribution >= 4 is 11.7 Å². The van der Waals surface area contributed by atoms with Crippen molar-refractivity contribution in [3.63, 3.8) is 0 Å². The van der Waals surface area contributed by atoms with Gasteiger partial charge in [0.2, 0.25) is 0 Å². The molecule has 0 saturated heterocycles. The van der Waals surface area contributed by atoms with Crippen LogP contribution in [-0.4, -0.2) is 26.2 Å². The van der Waals surface area contributed by atoms with Gasteiger partial charge in [0, 0.05) is 0 Å². The van der Waals surface area contributed by atoms with Crippen LogP contribution < -0.4 is 10.1 Å². The number of benzene rings is 1. The van der Waals surface area contributed by atoms with Crippen LogP contribution in [0, 0.1) is 12.8 Å². The normalized spacial score (nSPS) is 15.9. The van der Waals surface area contributed by atoms with Crippen molar-refractivity contribution in [2.24, 2.45) is 5.92 Å². The minimum absolute atomic E-state index is 0.207. The molecule has 1 unspecified atom stereocenters. The van der Waals surface area contributed by atoms with Gasteiger partial charge in [-0.25, -0.2) is 4.79 Å². The molecule has 4 nitrogen and oxygen atoms in total. The van der Waals surface area contributed by atoms with Crippen LogP contribution in [0.25, 0.3) is 0 Å². The van der Waals surface area contributed by atoms with E-state index in [1.165, 1.54) is 7.11 Å². The van der Waals surface area contributed by atoms with E-state index in [9.17, 15) is 4.79 Å². The summed E-state index contributed by atoms with van der Waals surface area (Å²) in [5, 5.41) is 3.25. The van der Waals surface area contributed by atoms with Gasteiger partial charge in [-0.3, -0.25) is 0 Å². The molecule has 98 valence electrons. The van der Waals surface area contributed by atoms with Crippen molar-refractivity contribution in [1.29, 1.82) is 0 Å². The van der Waals surface area contributed by atoms with E-state index in [1.54, 1.807) is 7.11 Å². The van der Waals surface area contributed by atoms with Crippen molar-refractivity contribution in [2.45, 2.75) is 25.8 Å². The number of hydrogen-bond acceptors (Lipinski definition) is 4. The molecule has 1 N–H and O–H groups in total. The highest BCUT2D eigenvalue weighted by atomic mass is 16.5. The van der Waals surface area contributed by atoms with Gasteiger partial charge in [-0.05, 0) is 43.4 Å². The first-order chi connectivity index (χ1) is 8.65. The van der Waals surface area contributed by atoms with Gasteiger partial charge in [-0.15, -0.1) is 0 Å². The SMILES string of the molecule is COC(=O)C(Nc1cc(C)ccc1OC)C1CC1. The fourth-order valence-electron chi connectivity index (χ4n) is 2.03. The molecule has 1 aliphatic carbocycles. The van der Waals surface area contributed by atoms with Crippen LogP contribution in [-0.2, 0) is 9.53 Å². The number of aryl methyl sites for hydroxylation is 1. The zero-order valence-corrected chi connectivity index (χ0v) is 11.0. The number of anilines is 1. The fraction of sp³-hybridized carbons (Fsp3) is 0.500. The molecule has 1 fully saturated rings. The molecule has 0 spiro atoms. The molecular weight excluding hydrogens is 230 g/mol. The summed E-state index contributed by atoms with van der Waals surface area (Å²) in [6, 6.07) is 5.59. The molecule has 0 heterocycles. The molecule has 0 amide bonds. The molecule has 1 aromatic rings. The van der Waals surface area contributed by atoms with Gasteiger partial charge in [-0.2, -0.15) is 0 Å². The van der Waals surface area contributed by atoms with E-state index in [0.29, 0.717) is 5.92 Å². The summed E-state index contributed by atoms with van der Waals surface area (Å²) in [6.07, 6.45) is 2.14. The maximum absolute atomic E-state index is 11.8. The van der Waals surface area contributed by atoms with Gasteiger partial charge >= 0.3 is 5.97 Å². The Balaban J connectivity index is 2.20. The van der Waals surface area contributed by atoms with Crippen molar-refractivity contribution in [3.8, 4) is 5.75 Å². The van der Waals surface area contributed by atoms with Crippen LogP contribution in [0.2, 0.25) is 0 Å². The molecule has 18 heavy (non-hydrogen) atoms. The third-order valence-corrected chi connectivity index (χ3v) is 3.21. The van der Waals surface area contributed by atoms with Gasteiger partial charge < -0.3 is 14.8 Å². The maximum atomic E-state index is 11.8. The largest absolute Gasteiger partial charge is 0.495 e. The molecule has 0 bridgehead atoms. The number of esters is 1. The van der Waals surface area contributed by atoms with Crippen LogP contribution in [0.1, 0.15) is 18.4 Å². The number of rotatable bonds is 5. The number of ether oxygens (including phenoxy) is 2. The van der Waals surface area contributed by atoms with E-state index in [2.05, 4.69) is 5.32 Å². The van der Waals surface area contributed by atoms with Gasteiger partial charge in [0.15, 0.2) is 0 Å². The molecular formula is C14H19NO3. The summed E-state index contributed by atoms with van der Waals surface area (Å²) in [5.74, 6) is 0.916. The Morgan fingerprint density at radius 1 is 1.39 bits per heavy atom. The van der Waals surface area contributed by atoms with E-state index in [0.717, 1.165) is 29.8 Å². The lowest BCUT2D eigenvalue weighted by Crippen LogP contribution is -2.32. The summed E-state index contributed by atoms with van der Waals surface area (Å²) >= 11 is 0. The van der Waals surface area contributed by atoms with Crippen molar-refractivity contribution < 1.29 is 14.3 Å². The predicted octanol–water partition coefficient (Wildman–Crippen LogP) is 2.37. The Labute approximate surface area is 107 Å². The number of nitrogens with one attached hydrogen (secondary N) is 1. The third-order valence-electron chi connectivity index (χ3n) is 3.21. The van der Waals surface area contributed by atoms with E-state index in [1.807, 2.05) is 25.1 Å². The first kappa shape index (κ1) is 12.7. The predicted molar refractivity (Wildman–Crippen MR) is 69.9 cm³/mol. The summed E-state index contributed by atoms with van der Waals surface area (Å²) in [5.41, 5.74) is 1.97. The van der Waals surface area contributed by atoms with Gasteiger partial charge in [-0.1, -0.05) is 6.07 Å². The molecule has 1 aliphatic rings. The second kappa shape index (κ2) is 5.29. The number of methoxy groups -OCH3 is 2. The zero-order chi connectivity index (χ0) is 13.1. The van der Waals surface area contributed by atoms with Gasteiger partial charge in [0.05, 0.1) is 19.9 Å². The van der Waals surface area contributed by atoms with Gasteiger partial charge in [0.1, 0.15) is 11.8 Å². The Bertz CT molecular complexity index is 441. The van der Waals surface area contributed by atoms with Crippen LogP contribution in [0.3, 0.4) is 0 Å². The van der Waals surface area contributed by atoms with E-state index >= 15 is 0 Å². The molecule has 0 aromatic heterocycles. The van der Waals surface area contributed by atoms with Crippen molar-refractivity contribution in [2.75, 3.05) is 19.5 Å². The van der Waals surface area contributed by atoms with E-state index in [-0.39, 0.29) is 12.0 Å². The number of carbonyl (C=O) groups excluding carboxylic acids is 1. The molecule has 1 atom stereocenters. The van der Waals surface area contributed by atoms with E-state index in [4.69, 9.17) is 9.47 Å². The van der Waals surface area contributed by atoms with Crippen LogP contribution in [0.4, 0.5) is 5.69 Å². The van der Waals surface area contributed by atoms with Gasteiger partial charge in [0.25, 0.3) is 0 Å². The van der Waals surface area contributed by atoms with E-state index < -0.39 is 0 Å². The summed E-state index contributed by atoms with van der Waals surface area (Å²) < 4.78 is 10.1. The molecule has 1 aromatic carbocycles. The first-order valence-corrected chi connectivity index (χ1v) is 6.14. The smallest absolute Gasteiger partial charge is 0.328 e. The molecule has 4 heteroatoms. The third kappa shape index (κ3) is 2.75. The average Bonchev–Trinajstić information content (AvgIpc) is 3.19. The Morgan fingerprint density at radius 2 is 2.11 bits per heavy atom. The Kier molecular flexibility index (Phi) is 3.75. The standard InChI is InChI=1S/C14H19NO3/c1-9-4-7-12(17-2)11(8-9)15-13(10-5-6-10)14(16)18-3/h4,7-8,10,13,15H,5-6H2,1-3H3. The quantitative estimate of drug-likeness (QED) is 0.814. The van der Waals surface area contributed by atoms with Crippen molar-refractivity contribution in [1.82, 2.24) is 0 Å². The molecule has 0 radical (unpaired) electrons. The Hall–Kier alpha value is -1.71. The van der Waals surface area contributed by atoms with Crippen LogP contribution in [0.15, 0.2) is 18.2 Å². The highest BCUT2D eigenvalue weighted by Gasteiger charge is 2.37. The molecule has 0 aliphatic heterocycles. The number of carbonyl (C=O) groups is 1.